The summed E-state index contributed by atoms with van der Waals surface area (Å²) in [6.07, 6.45) is 0.656. The van der Waals surface area contributed by atoms with Gasteiger partial charge in [0.1, 0.15) is 10.8 Å². The molecule has 0 aromatic heterocycles. The summed E-state index contributed by atoms with van der Waals surface area (Å²) in [4.78, 5) is 12.5. The van der Waals surface area contributed by atoms with Gasteiger partial charge in [0.2, 0.25) is 0 Å². The van der Waals surface area contributed by atoms with Gasteiger partial charge in [-0.3, -0.25) is 4.89 Å². The molecule has 0 heterocycles. The molecule has 0 aromatic rings. The number of phosphoric acid groups is 1. The van der Waals surface area contributed by atoms with Crippen LogP contribution in [-0.4, -0.2) is 12.0 Å². The first-order valence-corrected chi connectivity index (χ1v) is 4.48. The fourth-order valence-electron chi connectivity index (χ4n) is 0.218. The molecule has 0 aromatic carbocycles. The van der Waals surface area contributed by atoms with Crippen molar-refractivity contribution < 1.29 is 23.5 Å². The van der Waals surface area contributed by atoms with E-state index in [4.69, 9.17) is 28.1 Å². The Hall–Kier alpha value is 0.230. The van der Waals surface area contributed by atoms with E-state index >= 15 is 0 Å². The fraction of sp³-hybridized carbons (Fsp3) is 0.333. The molecular formula is C3H5Cl2O5P. The van der Waals surface area contributed by atoms with Crippen molar-refractivity contribution in [3.63, 3.8) is 0 Å². The maximum atomic E-state index is 10.5. The third kappa shape index (κ3) is 6.62. The van der Waals surface area contributed by atoms with Crippen molar-refractivity contribution in [1.29, 1.82) is 0 Å². The topological polar surface area (TPSA) is 65.0 Å². The van der Waals surface area contributed by atoms with Gasteiger partial charge in [-0.15, -0.1) is 4.67 Å². The molecule has 0 rings (SSSR count). The second-order valence-electron chi connectivity index (χ2n) is 1.22. The van der Waals surface area contributed by atoms with Crippen molar-refractivity contribution in [1.82, 2.24) is 0 Å². The van der Waals surface area contributed by atoms with E-state index in [-0.39, 0.29) is 4.49 Å². The predicted molar refractivity (Wildman–Crippen MR) is 38.8 cm³/mol. The maximum absolute atomic E-state index is 10.5. The van der Waals surface area contributed by atoms with Gasteiger partial charge in [0.25, 0.3) is 0 Å². The van der Waals surface area contributed by atoms with Crippen LogP contribution in [0.15, 0.2) is 10.8 Å². The lowest BCUT2D eigenvalue weighted by atomic mass is 11.2. The highest BCUT2D eigenvalue weighted by atomic mass is 35.5. The van der Waals surface area contributed by atoms with Crippen molar-refractivity contribution >= 4 is 31.0 Å². The van der Waals surface area contributed by atoms with Crippen LogP contribution in [0.1, 0.15) is 0 Å². The van der Waals surface area contributed by atoms with Crippen LogP contribution < -0.4 is 0 Å². The largest absolute Gasteiger partial charge is 0.554 e. The van der Waals surface area contributed by atoms with Gasteiger partial charge < -0.3 is 4.52 Å². The Balaban J connectivity index is 3.93. The summed E-state index contributed by atoms with van der Waals surface area (Å²) in [5.41, 5.74) is 0. The van der Waals surface area contributed by atoms with Crippen molar-refractivity contribution in [3.05, 3.63) is 10.8 Å². The molecular weight excluding hydrogens is 218 g/mol. The first-order valence-electron chi connectivity index (χ1n) is 2.22. The Kier molecular flexibility index (Phi) is 5.08. The summed E-state index contributed by atoms with van der Waals surface area (Å²) < 4.78 is 18.1. The maximum Gasteiger partial charge on any atom is 0.554 e. The molecule has 0 aliphatic carbocycles. The van der Waals surface area contributed by atoms with Gasteiger partial charge in [0.05, 0.1) is 7.11 Å². The zero-order valence-electron chi connectivity index (χ0n) is 5.36. The minimum Gasteiger partial charge on any atom is -0.408 e. The Morgan fingerprint density at radius 2 is 2.18 bits per heavy atom. The van der Waals surface area contributed by atoms with Crippen LogP contribution in [0.3, 0.4) is 0 Å². The highest BCUT2D eigenvalue weighted by Crippen LogP contribution is 2.43. The van der Waals surface area contributed by atoms with E-state index in [1.807, 2.05) is 0 Å². The SMILES string of the molecule is COOP(=O)(O)OC=C(Cl)Cl. The summed E-state index contributed by atoms with van der Waals surface area (Å²) in [6, 6.07) is 0. The van der Waals surface area contributed by atoms with Crippen molar-refractivity contribution in [3.8, 4) is 0 Å². The van der Waals surface area contributed by atoms with Crippen LogP contribution in [0.2, 0.25) is 0 Å². The number of phosphoric ester groups is 1. The zero-order valence-corrected chi connectivity index (χ0v) is 7.77. The lowest BCUT2D eigenvalue weighted by Crippen LogP contribution is -1.88. The minimum absolute atomic E-state index is 0.307. The van der Waals surface area contributed by atoms with Gasteiger partial charge in [-0.25, -0.2) is 9.45 Å². The van der Waals surface area contributed by atoms with Gasteiger partial charge in [0, 0.05) is 0 Å². The summed E-state index contributed by atoms with van der Waals surface area (Å²) >= 11 is 10.1. The number of hydrogen-bond donors (Lipinski definition) is 1. The molecule has 0 aliphatic heterocycles. The third-order valence-electron chi connectivity index (χ3n) is 0.444. The second-order valence-corrected chi connectivity index (χ2v) is 3.53. The van der Waals surface area contributed by atoms with E-state index in [1.165, 1.54) is 0 Å². The van der Waals surface area contributed by atoms with E-state index in [2.05, 4.69) is 14.1 Å². The van der Waals surface area contributed by atoms with Gasteiger partial charge in [-0.1, -0.05) is 23.2 Å². The van der Waals surface area contributed by atoms with Crippen LogP contribution in [0.25, 0.3) is 0 Å². The molecule has 5 nitrogen and oxygen atoms in total. The molecule has 8 heteroatoms. The van der Waals surface area contributed by atoms with Gasteiger partial charge in [-0.2, -0.15) is 0 Å². The molecule has 0 fully saturated rings. The monoisotopic (exact) mass is 222 g/mol. The standard InChI is InChI=1S/C3H5Cl2O5P/c1-8-10-11(6,7)9-2-3(4)5/h2H,1H3,(H,6,7). The van der Waals surface area contributed by atoms with Crippen molar-refractivity contribution in [2.24, 2.45) is 0 Å². The van der Waals surface area contributed by atoms with E-state index in [1.54, 1.807) is 0 Å². The summed E-state index contributed by atoms with van der Waals surface area (Å²) in [5, 5.41) is 0. The van der Waals surface area contributed by atoms with Crippen molar-refractivity contribution in [2.75, 3.05) is 7.11 Å². The van der Waals surface area contributed by atoms with E-state index < -0.39 is 7.82 Å². The molecule has 1 N–H and O–H groups in total. The minimum atomic E-state index is -4.21. The van der Waals surface area contributed by atoms with Crippen molar-refractivity contribution in [2.45, 2.75) is 0 Å². The van der Waals surface area contributed by atoms with Gasteiger partial charge in [0.15, 0.2) is 0 Å². The fourth-order valence-corrected chi connectivity index (χ4v) is 0.894. The summed E-state index contributed by atoms with van der Waals surface area (Å²) in [5.74, 6) is 0. The Morgan fingerprint density at radius 1 is 1.64 bits per heavy atom. The van der Waals surface area contributed by atoms with Gasteiger partial charge >= 0.3 is 7.82 Å². The Morgan fingerprint density at radius 3 is 2.55 bits per heavy atom. The number of hydrogen-bond acceptors (Lipinski definition) is 4. The molecule has 1 unspecified atom stereocenters. The molecule has 0 amide bonds. The van der Waals surface area contributed by atoms with E-state index in [0.717, 1.165) is 7.11 Å². The lowest BCUT2D eigenvalue weighted by molar-refractivity contribution is -0.195. The van der Waals surface area contributed by atoms with Crippen LogP contribution in [0, 0.1) is 0 Å². The second kappa shape index (κ2) is 4.98. The van der Waals surface area contributed by atoms with Crippen LogP contribution >= 0.6 is 31.0 Å². The molecule has 66 valence electrons. The molecule has 0 saturated carbocycles. The molecule has 0 spiro atoms. The Labute approximate surface area is 73.0 Å². The average Bonchev–Trinajstić information content (AvgIpc) is 1.84. The predicted octanol–water partition coefficient (Wildman–Crippen LogP) is 1.96. The first-order chi connectivity index (χ1) is 4.98. The molecule has 1 atom stereocenters. The molecule has 0 radical (unpaired) electrons. The normalized spacial score (nSPS) is 15.3. The molecule has 0 bridgehead atoms. The quantitative estimate of drug-likeness (QED) is 0.341. The lowest BCUT2D eigenvalue weighted by Gasteiger charge is -2.05. The van der Waals surface area contributed by atoms with Gasteiger partial charge in [-0.05, 0) is 0 Å². The smallest absolute Gasteiger partial charge is 0.408 e. The highest BCUT2D eigenvalue weighted by Gasteiger charge is 2.21. The highest BCUT2D eigenvalue weighted by molar-refractivity contribution is 7.47. The average molecular weight is 223 g/mol. The van der Waals surface area contributed by atoms with E-state index in [9.17, 15) is 4.57 Å². The molecule has 0 aliphatic rings. The molecule has 11 heavy (non-hydrogen) atoms. The first kappa shape index (κ1) is 11.2. The van der Waals surface area contributed by atoms with Crippen LogP contribution in [0.4, 0.5) is 0 Å². The number of halogens is 2. The Bertz CT molecular complexity index is 188. The van der Waals surface area contributed by atoms with Crippen LogP contribution in [-0.2, 0) is 18.7 Å². The zero-order chi connectivity index (χ0) is 8.91. The van der Waals surface area contributed by atoms with E-state index in [0.29, 0.717) is 6.26 Å². The summed E-state index contributed by atoms with van der Waals surface area (Å²) in [6.45, 7) is 0. The summed E-state index contributed by atoms with van der Waals surface area (Å²) in [7, 11) is -3.16. The molecule has 0 saturated heterocycles. The van der Waals surface area contributed by atoms with Crippen LogP contribution in [0.5, 0.6) is 0 Å². The number of rotatable bonds is 4. The third-order valence-corrected chi connectivity index (χ3v) is 1.33.